The maximum atomic E-state index is 12.9. The van der Waals surface area contributed by atoms with Crippen LogP contribution in [0.4, 0.5) is 0 Å². The molecule has 1 atom stereocenters. The summed E-state index contributed by atoms with van der Waals surface area (Å²) in [4.78, 5) is 38.2. The van der Waals surface area contributed by atoms with Gasteiger partial charge in [0.15, 0.2) is 6.10 Å². The largest absolute Gasteiger partial charge is 0.462 e. The van der Waals surface area contributed by atoms with Crippen molar-refractivity contribution < 1.29 is 28.6 Å². The highest BCUT2D eigenvalue weighted by Crippen LogP contribution is 2.13. The Morgan fingerprint density at radius 2 is 0.500 bits per heavy atom. The molecule has 0 radical (unpaired) electrons. The quantitative estimate of drug-likeness (QED) is 0.0261. The lowest BCUT2D eigenvalue weighted by atomic mass is 10.1. The van der Waals surface area contributed by atoms with E-state index in [1.807, 2.05) is 0 Å². The molecule has 0 aliphatic rings. The third-order valence-corrected chi connectivity index (χ3v) is 12.1. The number of hydrogen-bond donors (Lipinski definition) is 0. The maximum Gasteiger partial charge on any atom is 0.306 e. The Kier molecular flexibility index (Phi) is 55.5. The van der Waals surface area contributed by atoms with E-state index in [-0.39, 0.29) is 37.5 Å². The Bertz CT molecular complexity index is 1560. The van der Waals surface area contributed by atoms with E-state index in [0.717, 1.165) is 135 Å². The van der Waals surface area contributed by atoms with Gasteiger partial charge in [-0.2, -0.15) is 0 Å². The minimum absolute atomic E-state index is 0.111. The molecule has 0 aliphatic heterocycles. The minimum Gasteiger partial charge on any atom is -0.462 e. The van der Waals surface area contributed by atoms with E-state index in [2.05, 4.69) is 154 Å². The molecule has 0 bridgehead atoms. The van der Waals surface area contributed by atoms with E-state index in [0.29, 0.717) is 12.8 Å². The van der Waals surface area contributed by atoms with Gasteiger partial charge in [-0.25, -0.2) is 0 Å². The van der Waals surface area contributed by atoms with Crippen molar-refractivity contribution in [3.63, 3.8) is 0 Å². The van der Waals surface area contributed by atoms with Crippen LogP contribution in [0.1, 0.15) is 245 Å². The molecule has 406 valence electrons. The van der Waals surface area contributed by atoms with Crippen molar-refractivity contribution in [1.82, 2.24) is 0 Å². The predicted molar refractivity (Wildman–Crippen MR) is 311 cm³/mol. The lowest BCUT2D eigenvalue weighted by molar-refractivity contribution is -0.167. The normalized spacial score (nSPS) is 13.1. The van der Waals surface area contributed by atoms with E-state index >= 15 is 0 Å². The Labute approximate surface area is 443 Å². The van der Waals surface area contributed by atoms with E-state index in [1.54, 1.807) is 0 Å². The van der Waals surface area contributed by atoms with Crippen LogP contribution in [0.25, 0.3) is 0 Å². The second kappa shape index (κ2) is 59.1. The molecule has 0 amide bonds. The van der Waals surface area contributed by atoms with Gasteiger partial charge >= 0.3 is 17.9 Å². The van der Waals surface area contributed by atoms with Crippen molar-refractivity contribution in [3.8, 4) is 0 Å². The summed E-state index contributed by atoms with van der Waals surface area (Å²) in [5, 5.41) is 0. The summed E-state index contributed by atoms with van der Waals surface area (Å²) in [6.07, 6.45) is 82.8. The minimum atomic E-state index is -0.816. The van der Waals surface area contributed by atoms with E-state index in [1.165, 1.54) is 70.6 Å². The SMILES string of the molecule is CCCCC\C=C/C=C\C=C/C=C\CCCCCCCC(=O)OCC(COC(=O)CCCCCCC\C=C/C=C\C=C/CCCCCCC)OC(=O)CCCCCCC\C=C/C=C\C=C/C=C\CCCCC. The number of carbonyl (C=O) groups excluding carboxylic acids is 3. The van der Waals surface area contributed by atoms with Crippen LogP contribution in [0.15, 0.2) is 134 Å². The van der Waals surface area contributed by atoms with Gasteiger partial charge in [0.1, 0.15) is 13.2 Å². The van der Waals surface area contributed by atoms with E-state index in [4.69, 9.17) is 14.2 Å². The van der Waals surface area contributed by atoms with Crippen LogP contribution in [0.2, 0.25) is 0 Å². The van der Waals surface area contributed by atoms with Crippen molar-refractivity contribution in [3.05, 3.63) is 134 Å². The molecule has 72 heavy (non-hydrogen) atoms. The van der Waals surface area contributed by atoms with Crippen molar-refractivity contribution in [2.45, 2.75) is 252 Å². The number of carbonyl (C=O) groups is 3. The number of unbranched alkanes of at least 4 members (excludes halogenated alkanes) is 26. The first-order chi connectivity index (χ1) is 35.5. The van der Waals surface area contributed by atoms with Crippen LogP contribution in [0.3, 0.4) is 0 Å². The molecule has 6 nitrogen and oxygen atoms in total. The van der Waals surface area contributed by atoms with Crippen LogP contribution in [0.5, 0.6) is 0 Å². The van der Waals surface area contributed by atoms with Gasteiger partial charge in [0.25, 0.3) is 0 Å². The summed E-state index contributed by atoms with van der Waals surface area (Å²) in [7, 11) is 0. The van der Waals surface area contributed by atoms with Gasteiger partial charge in [0.05, 0.1) is 0 Å². The third-order valence-electron chi connectivity index (χ3n) is 12.1. The standard InChI is InChI=1S/C66H106O6/c1-4-7-10-13-16-19-22-25-28-31-34-37-40-43-46-49-52-55-58-64(67)70-61-63(72-66(69)60-57-54-51-48-45-42-39-36-33-30-27-24-21-18-15-12-9-6-3)62-71-65(68)59-56-53-50-47-44-41-38-35-32-29-26-23-20-17-14-11-8-5-2/h16,18-19,21-39,63H,4-15,17,20,40-62H2,1-3H3/b19-16-,21-18-,25-22-,26-23-,27-24-,31-28-,32-29-,33-30-,37-34-,38-35-,39-36-. The smallest absolute Gasteiger partial charge is 0.306 e. The van der Waals surface area contributed by atoms with Gasteiger partial charge in [0, 0.05) is 19.3 Å². The molecule has 0 N–H and O–H groups in total. The first kappa shape index (κ1) is 67.5. The number of rotatable bonds is 51. The molecule has 6 heteroatoms. The van der Waals surface area contributed by atoms with Gasteiger partial charge in [-0.1, -0.05) is 264 Å². The van der Waals surface area contributed by atoms with Crippen LogP contribution in [-0.4, -0.2) is 37.2 Å². The fourth-order valence-corrected chi connectivity index (χ4v) is 7.64. The molecule has 0 fully saturated rings. The molecule has 0 saturated heterocycles. The van der Waals surface area contributed by atoms with Crippen LogP contribution < -0.4 is 0 Å². The molecule has 0 aromatic rings. The Morgan fingerprint density at radius 1 is 0.278 bits per heavy atom. The average molecular weight is 996 g/mol. The zero-order valence-electron chi connectivity index (χ0n) is 46.4. The predicted octanol–water partition coefficient (Wildman–Crippen LogP) is 19.8. The highest BCUT2D eigenvalue weighted by Gasteiger charge is 2.19. The van der Waals surface area contributed by atoms with Gasteiger partial charge in [-0.05, 0) is 96.3 Å². The summed E-state index contributed by atoms with van der Waals surface area (Å²) in [6.45, 7) is 6.48. The Balaban J connectivity index is 4.57. The summed E-state index contributed by atoms with van der Waals surface area (Å²) in [6, 6.07) is 0. The monoisotopic (exact) mass is 995 g/mol. The molecule has 0 rings (SSSR count). The number of hydrogen-bond acceptors (Lipinski definition) is 6. The molecule has 0 aromatic carbocycles. The van der Waals surface area contributed by atoms with Crippen LogP contribution in [-0.2, 0) is 28.6 Å². The number of ether oxygens (including phenoxy) is 3. The van der Waals surface area contributed by atoms with Crippen molar-refractivity contribution in [2.75, 3.05) is 13.2 Å². The summed E-state index contributed by atoms with van der Waals surface area (Å²) in [5.74, 6) is -0.978. The second-order valence-corrected chi connectivity index (χ2v) is 19.1. The number of esters is 3. The molecule has 0 aliphatic carbocycles. The molecule has 0 heterocycles. The highest BCUT2D eigenvalue weighted by atomic mass is 16.6. The van der Waals surface area contributed by atoms with Crippen molar-refractivity contribution in [2.24, 2.45) is 0 Å². The summed E-state index contributed by atoms with van der Waals surface area (Å²) < 4.78 is 16.8. The first-order valence-corrected chi connectivity index (χ1v) is 29.3. The lowest BCUT2D eigenvalue weighted by Crippen LogP contribution is -2.30. The molecular weight excluding hydrogens is 889 g/mol. The van der Waals surface area contributed by atoms with Gasteiger partial charge < -0.3 is 14.2 Å². The molecule has 0 aromatic heterocycles. The zero-order valence-corrected chi connectivity index (χ0v) is 46.4. The molecule has 1 unspecified atom stereocenters. The summed E-state index contributed by atoms with van der Waals surface area (Å²) >= 11 is 0. The Hall–Kier alpha value is -4.45. The van der Waals surface area contributed by atoms with Crippen molar-refractivity contribution in [1.29, 1.82) is 0 Å². The van der Waals surface area contributed by atoms with Crippen molar-refractivity contribution >= 4 is 17.9 Å². The maximum absolute atomic E-state index is 12.9. The topological polar surface area (TPSA) is 78.9 Å². The van der Waals surface area contributed by atoms with E-state index < -0.39 is 6.10 Å². The fourth-order valence-electron chi connectivity index (χ4n) is 7.64. The second-order valence-electron chi connectivity index (χ2n) is 19.1. The van der Waals surface area contributed by atoms with Gasteiger partial charge in [0.2, 0.25) is 0 Å². The molecule has 0 spiro atoms. The Morgan fingerprint density at radius 3 is 0.806 bits per heavy atom. The average Bonchev–Trinajstić information content (AvgIpc) is 3.38. The van der Waals surface area contributed by atoms with E-state index in [9.17, 15) is 14.4 Å². The highest BCUT2D eigenvalue weighted by molar-refractivity contribution is 5.71. The van der Waals surface area contributed by atoms with Crippen LogP contribution >= 0.6 is 0 Å². The lowest BCUT2D eigenvalue weighted by Gasteiger charge is -2.18. The summed E-state index contributed by atoms with van der Waals surface area (Å²) in [5.41, 5.74) is 0. The van der Waals surface area contributed by atoms with Gasteiger partial charge in [-0.15, -0.1) is 0 Å². The molecule has 0 saturated carbocycles. The number of allylic oxidation sites excluding steroid dienone is 22. The third kappa shape index (κ3) is 56.5. The molecular formula is C66H106O6. The fraction of sp³-hybridized carbons (Fsp3) is 0.621. The first-order valence-electron chi connectivity index (χ1n) is 29.3. The zero-order chi connectivity index (χ0) is 52.2. The van der Waals surface area contributed by atoms with Gasteiger partial charge in [-0.3, -0.25) is 14.4 Å². The van der Waals surface area contributed by atoms with Crippen LogP contribution in [0, 0.1) is 0 Å².